The summed E-state index contributed by atoms with van der Waals surface area (Å²) in [5.41, 5.74) is 3.33. The summed E-state index contributed by atoms with van der Waals surface area (Å²) in [6, 6.07) is 6.02. The Kier molecular flexibility index (Phi) is 4.56. The van der Waals surface area contributed by atoms with Crippen LogP contribution in [0.15, 0.2) is 18.2 Å². The molecule has 0 bridgehead atoms. The van der Waals surface area contributed by atoms with Crippen molar-refractivity contribution in [2.45, 2.75) is 32.2 Å². The van der Waals surface area contributed by atoms with Gasteiger partial charge in [0.1, 0.15) is 0 Å². The van der Waals surface area contributed by atoms with E-state index >= 15 is 0 Å². The molecule has 2 atom stereocenters. The highest BCUT2D eigenvalue weighted by Gasteiger charge is 2.26. The molecule has 21 heavy (non-hydrogen) atoms. The Bertz CT molecular complexity index is 516. The lowest BCUT2D eigenvalue weighted by Gasteiger charge is -2.19. The number of benzene rings is 1. The summed E-state index contributed by atoms with van der Waals surface area (Å²) in [4.78, 5) is 12.3. The molecule has 114 valence electrons. The van der Waals surface area contributed by atoms with Crippen molar-refractivity contribution < 1.29 is 9.90 Å². The smallest absolute Gasteiger partial charge is 0.251 e. The molecule has 1 aliphatic carbocycles. The van der Waals surface area contributed by atoms with Gasteiger partial charge in [0.05, 0.1) is 0 Å². The quantitative estimate of drug-likeness (QED) is 0.786. The number of aliphatic hydroxyl groups excluding tert-OH is 1. The van der Waals surface area contributed by atoms with Crippen molar-refractivity contribution in [3.05, 3.63) is 34.9 Å². The van der Waals surface area contributed by atoms with E-state index in [0.717, 1.165) is 44.3 Å². The van der Waals surface area contributed by atoms with Crippen molar-refractivity contribution >= 4 is 5.91 Å². The fourth-order valence-electron chi connectivity index (χ4n) is 3.57. The minimum absolute atomic E-state index is 0.00645. The summed E-state index contributed by atoms with van der Waals surface area (Å²) < 4.78 is 0. The number of carbonyl (C=O) groups excluding carboxylic acids is 1. The van der Waals surface area contributed by atoms with Crippen LogP contribution in [0.3, 0.4) is 0 Å². The van der Waals surface area contributed by atoms with E-state index in [1.165, 1.54) is 11.1 Å². The molecule has 4 nitrogen and oxygen atoms in total. The molecule has 1 saturated carbocycles. The summed E-state index contributed by atoms with van der Waals surface area (Å²) in [6.45, 7) is 2.79. The number of fused-ring (bicyclic) bond motifs is 1. The maximum Gasteiger partial charge on any atom is 0.251 e. The van der Waals surface area contributed by atoms with Crippen LogP contribution in [0.25, 0.3) is 0 Å². The standard InChI is InChI=1S/C17H24N2O2/c20-11-15-3-1-2-14(15)10-19-17(21)13-5-4-12-6-7-18-9-16(12)8-13/h4-5,8,14-15,18,20H,1-3,6-7,9-11H2,(H,19,21). The van der Waals surface area contributed by atoms with Crippen molar-refractivity contribution in [2.24, 2.45) is 11.8 Å². The van der Waals surface area contributed by atoms with Gasteiger partial charge >= 0.3 is 0 Å². The van der Waals surface area contributed by atoms with Crippen molar-refractivity contribution in [1.29, 1.82) is 0 Å². The summed E-state index contributed by atoms with van der Waals surface area (Å²) in [5, 5.41) is 15.7. The monoisotopic (exact) mass is 288 g/mol. The lowest BCUT2D eigenvalue weighted by Crippen LogP contribution is -2.32. The summed E-state index contributed by atoms with van der Waals surface area (Å²) in [5.74, 6) is 0.795. The first-order chi connectivity index (χ1) is 10.3. The van der Waals surface area contributed by atoms with Crippen LogP contribution in [-0.2, 0) is 13.0 Å². The van der Waals surface area contributed by atoms with Gasteiger partial charge in [-0.3, -0.25) is 4.79 Å². The summed E-state index contributed by atoms with van der Waals surface area (Å²) in [7, 11) is 0. The Morgan fingerprint density at radius 3 is 3.00 bits per heavy atom. The molecule has 3 rings (SSSR count). The van der Waals surface area contributed by atoms with E-state index in [1.54, 1.807) is 0 Å². The number of aliphatic hydroxyl groups is 1. The van der Waals surface area contributed by atoms with Crippen LogP contribution < -0.4 is 10.6 Å². The van der Waals surface area contributed by atoms with E-state index in [9.17, 15) is 9.90 Å². The predicted molar refractivity (Wildman–Crippen MR) is 82.1 cm³/mol. The third-order valence-corrected chi connectivity index (χ3v) is 4.93. The van der Waals surface area contributed by atoms with Gasteiger partial charge in [0, 0.05) is 25.3 Å². The molecular weight excluding hydrogens is 264 g/mol. The highest BCUT2D eigenvalue weighted by molar-refractivity contribution is 5.94. The van der Waals surface area contributed by atoms with Gasteiger partial charge in [0.25, 0.3) is 5.91 Å². The molecule has 1 aromatic rings. The first-order valence-electron chi connectivity index (χ1n) is 7.99. The average molecular weight is 288 g/mol. The zero-order valence-electron chi connectivity index (χ0n) is 12.4. The van der Waals surface area contributed by atoms with E-state index in [4.69, 9.17) is 0 Å². The van der Waals surface area contributed by atoms with Gasteiger partial charge in [-0.25, -0.2) is 0 Å². The van der Waals surface area contributed by atoms with Crippen LogP contribution in [0.4, 0.5) is 0 Å². The maximum absolute atomic E-state index is 12.3. The first kappa shape index (κ1) is 14.5. The molecule has 0 saturated heterocycles. The van der Waals surface area contributed by atoms with E-state index in [2.05, 4.69) is 16.7 Å². The van der Waals surface area contributed by atoms with Crippen LogP contribution in [0.5, 0.6) is 0 Å². The largest absolute Gasteiger partial charge is 0.396 e. The Morgan fingerprint density at radius 2 is 2.14 bits per heavy atom. The molecule has 1 heterocycles. The zero-order valence-corrected chi connectivity index (χ0v) is 12.4. The highest BCUT2D eigenvalue weighted by atomic mass is 16.3. The SMILES string of the molecule is O=C(NCC1CCCC1CO)c1ccc2c(c1)CNCC2. The highest BCUT2D eigenvalue weighted by Crippen LogP contribution is 2.30. The molecule has 4 heteroatoms. The number of nitrogens with one attached hydrogen (secondary N) is 2. The molecule has 0 spiro atoms. The zero-order chi connectivity index (χ0) is 14.7. The van der Waals surface area contributed by atoms with Gasteiger partial charge < -0.3 is 15.7 Å². The Morgan fingerprint density at radius 1 is 1.29 bits per heavy atom. The predicted octanol–water partition coefficient (Wildman–Crippen LogP) is 1.47. The second-order valence-corrected chi connectivity index (χ2v) is 6.25. The minimum Gasteiger partial charge on any atom is -0.396 e. The van der Waals surface area contributed by atoms with Gasteiger partial charge in [-0.2, -0.15) is 0 Å². The second kappa shape index (κ2) is 6.58. The third kappa shape index (κ3) is 3.27. The van der Waals surface area contributed by atoms with Crippen molar-refractivity contribution in [3.8, 4) is 0 Å². The molecule has 0 aromatic heterocycles. The van der Waals surface area contributed by atoms with Crippen molar-refractivity contribution in [1.82, 2.24) is 10.6 Å². The van der Waals surface area contributed by atoms with E-state index < -0.39 is 0 Å². The first-order valence-corrected chi connectivity index (χ1v) is 7.99. The fourth-order valence-corrected chi connectivity index (χ4v) is 3.57. The fraction of sp³-hybridized carbons (Fsp3) is 0.588. The minimum atomic E-state index is 0.00645. The molecule has 1 amide bonds. The Balaban J connectivity index is 1.60. The average Bonchev–Trinajstić information content (AvgIpc) is 2.99. The molecule has 1 fully saturated rings. The molecular formula is C17H24N2O2. The molecule has 1 aromatic carbocycles. The normalized spacial score (nSPS) is 24.6. The lowest BCUT2D eigenvalue weighted by atomic mass is 9.96. The molecule has 3 N–H and O–H groups in total. The van der Waals surface area contributed by atoms with Crippen LogP contribution in [0, 0.1) is 11.8 Å². The topological polar surface area (TPSA) is 61.4 Å². The third-order valence-electron chi connectivity index (χ3n) is 4.93. The van der Waals surface area contributed by atoms with Gasteiger partial charge in [0.2, 0.25) is 0 Å². The summed E-state index contributed by atoms with van der Waals surface area (Å²) in [6.07, 6.45) is 4.40. The number of amides is 1. The number of carbonyl (C=O) groups is 1. The Labute approximate surface area is 125 Å². The molecule has 1 aliphatic heterocycles. The number of hydrogen-bond donors (Lipinski definition) is 3. The van der Waals surface area contributed by atoms with Gasteiger partial charge in [0.15, 0.2) is 0 Å². The van der Waals surface area contributed by atoms with E-state index in [-0.39, 0.29) is 12.5 Å². The van der Waals surface area contributed by atoms with Crippen LogP contribution in [-0.4, -0.2) is 30.7 Å². The van der Waals surface area contributed by atoms with Gasteiger partial charge in [-0.05, 0) is 60.9 Å². The van der Waals surface area contributed by atoms with Gasteiger partial charge in [-0.15, -0.1) is 0 Å². The van der Waals surface area contributed by atoms with Crippen molar-refractivity contribution in [3.63, 3.8) is 0 Å². The van der Waals surface area contributed by atoms with Crippen LogP contribution in [0.1, 0.15) is 40.7 Å². The Hall–Kier alpha value is -1.39. The van der Waals surface area contributed by atoms with Crippen LogP contribution >= 0.6 is 0 Å². The molecule has 2 unspecified atom stereocenters. The van der Waals surface area contributed by atoms with Crippen LogP contribution in [0.2, 0.25) is 0 Å². The molecule has 2 aliphatic rings. The molecule has 0 radical (unpaired) electrons. The van der Waals surface area contributed by atoms with E-state index in [1.807, 2.05) is 12.1 Å². The lowest BCUT2D eigenvalue weighted by molar-refractivity contribution is 0.0937. The van der Waals surface area contributed by atoms with Gasteiger partial charge in [-0.1, -0.05) is 12.5 Å². The number of hydrogen-bond acceptors (Lipinski definition) is 3. The van der Waals surface area contributed by atoms with Crippen molar-refractivity contribution in [2.75, 3.05) is 19.7 Å². The summed E-state index contributed by atoms with van der Waals surface area (Å²) >= 11 is 0. The second-order valence-electron chi connectivity index (χ2n) is 6.25. The maximum atomic E-state index is 12.3. The van der Waals surface area contributed by atoms with E-state index in [0.29, 0.717) is 18.4 Å². The number of rotatable bonds is 4.